The summed E-state index contributed by atoms with van der Waals surface area (Å²) in [6.45, 7) is 3.67. The van der Waals surface area contributed by atoms with Gasteiger partial charge in [-0.1, -0.05) is 0 Å². The van der Waals surface area contributed by atoms with Crippen LogP contribution < -0.4 is 0 Å². The van der Waals surface area contributed by atoms with Gasteiger partial charge in [0.25, 0.3) is 0 Å². The first-order chi connectivity index (χ1) is 6.19. The van der Waals surface area contributed by atoms with E-state index in [9.17, 15) is 0 Å². The highest BCUT2D eigenvalue weighted by Gasteiger charge is 2.04. The minimum atomic E-state index is 0.0904. The van der Waals surface area contributed by atoms with E-state index in [1.54, 1.807) is 12.1 Å². The average molecular weight is 172 g/mol. The molecular weight excluding hydrogens is 164 g/mol. The second-order valence-electron chi connectivity index (χ2n) is 2.63. The van der Waals surface area contributed by atoms with E-state index in [0.29, 0.717) is 0 Å². The number of aromatic amines is 1. The van der Waals surface area contributed by atoms with Crippen LogP contribution in [0.3, 0.4) is 0 Å². The third-order valence-electron chi connectivity index (χ3n) is 1.71. The van der Waals surface area contributed by atoms with Crippen molar-refractivity contribution >= 4 is 6.08 Å². The highest BCUT2D eigenvalue weighted by Crippen LogP contribution is 2.13. The molecule has 1 rings (SSSR count). The summed E-state index contributed by atoms with van der Waals surface area (Å²) in [5.41, 5.74) is 2.56. The Kier molecular flexibility index (Phi) is 2.47. The number of H-pyrrole nitrogens is 1. The molecule has 0 saturated heterocycles. The zero-order chi connectivity index (χ0) is 9.84. The lowest BCUT2D eigenvalue weighted by atomic mass is 10.1. The van der Waals surface area contributed by atoms with Gasteiger partial charge in [-0.05, 0) is 19.9 Å². The number of nitrogens with zero attached hydrogens (tertiary/aromatic N) is 3. The Morgan fingerprint density at radius 1 is 1.38 bits per heavy atom. The molecule has 0 aliphatic rings. The van der Waals surface area contributed by atoms with Gasteiger partial charge < -0.3 is 0 Å². The number of aryl methyl sites for hydroxylation is 2. The van der Waals surface area contributed by atoms with Crippen LogP contribution in [0, 0.1) is 36.5 Å². The summed E-state index contributed by atoms with van der Waals surface area (Å²) in [5.74, 6) is 0. The van der Waals surface area contributed by atoms with Crippen molar-refractivity contribution in [3.05, 3.63) is 22.5 Å². The summed E-state index contributed by atoms with van der Waals surface area (Å²) in [5, 5.41) is 23.8. The van der Waals surface area contributed by atoms with Crippen LogP contribution in [0.15, 0.2) is 5.57 Å². The van der Waals surface area contributed by atoms with E-state index in [2.05, 4.69) is 10.2 Å². The molecule has 1 aromatic heterocycles. The van der Waals surface area contributed by atoms with Crippen molar-refractivity contribution in [3.63, 3.8) is 0 Å². The number of aromatic nitrogens is 2. The number of nitriles is 2. The van der Waals surface area contributed by atoms with E-state index in [1.807, 2.05) is 13.8 Å². The van der Waals surface area contributed by atoms with Crippen molar-refractivity contribution in [2.24, 2.45) is 0 Å². The van der Waals surface area contributed by atoms with Gasteiger partial charge in [0.05, 0.1) is 5.69 Å². The lowest BCUT2D eigenvalue weighted by Crippen LogP contribution is -1.80. The van der Waals surface area contributed by atoms with Gasteiger partial charge in [0, 0.05) is 11.3 Å². The summed E-state index contributed by atoms with van der Waals surface area (Å²) in [7, 11) is 0. The van der Waals surface area contributed by atoms with Crippen LogP contribution in [0.5, 0.6) is 0 Å². The quantitative estimate of drug-likeness (QED) is 0.651. The van der Waals surface area contributed by atoms with E-state index in [0.717, 1.165) is 17.0 Å². The molecule has 0 aliphatic heterocycles. The maximum Gasteiger partial charge on any atom is 0.130 e. The van der Waals surface area contributed by atoms with E-state index in [4.69, 9.17) is 10.5 Å². The SMILES string of the molecule is Cc1n[nH]c(C)c1C=C(C#N)C#N. The molecule has 64 valence electrons. The Balaban J connectivity index is 3.20. The van der Waals surface area contributed by atoms with Gasteiger partial charge in [-0.2, -0.15) is 15.6 Å². The molecule has 1 heterocycles. The maximum atomic E-state index is 8.54. The second-order valence-corrected chi connectivity index (χ2v) is 2.63. The Morgan fingerprint density at radius 3 is 2.38 bits per heavy atom. The predicted molar refractivity (Wildman–Crippen MR) is 47.3 cm³/mol. The fourth-order valence-corrected chi connectivity index (χ4v) is 1.01. The van der Waals surface area contributed by atoms with Crippen LogP contribution in [0.25, 0.3) is 6.08 Å². The third-order valence-corrected chi connectivity index (χ3v) is 1.71. The summed E-state index contributed by atoms with van der Waals surface area (Å²) < 4.78 is 0. The van der Waals surface area contributed by atoms with Crippen molar-refractivity contribution in [1.82, 2.24) is 10.2 Å². The fourth-order valence-electron chi connectivity index (χ4n) is 1.01. The molecule has 0 bridgehead atoms. The molecule has 0 aromatic carbocycles. The van der Waals surface area contributed by atoms with E-state index in [1.165, 1.54) is 6.08 Å². The molecule has 4 nitrogen and oxygen atoms in total. The Morgan fingerprint density at radius 2 is 2.00 bits per heavy atom. The lowest BCUT2D eigenvalue weighted by molar-refractivity contribution is 1.02. The molecule has 1 aromatic rings. The Bertz CT molecular complexity index is 390. The van der Waals surface area contributed by atoms with Crippen molar-refractivity contribution in [2.75, 3.05) is 0 Å². The first kappa shape index (κ1) is 9.02. The molecule has 0 aliphatic carbocycles. The van der Waals surface area contributed by atoms with E-state index in [-0.39, 0.29) is 5.57 Å². The molecule has 0 saturated carbocycles. The third kappa shape index (κ3) is 1.74. The molecule has 0 radical (unpaired) electrons. The summed E-state index contributed by atoms with van der Waals surface area (Å²) >= 11 is 0. The van der Waals surface area contributed by atoms with Crippen molar-refractivity contribution < 1.29 is 0 Å². The van der Waals surface area contributed by atoms with Crippen LogP contribution in [-0.4, -0.2) is 10.2 Å². The summed E-state index contributed by atoms with van der Waals surface area (Å²) in [6, 6.07) is 3.61. The van der Waals surface area contributed by atoms with Crippen LogP contribution in [0.2, 0.25) is 0 Å². The molecule has 0 atom stereocenters. The van der Waals surface area contributed by atoms with Crippen LogP contribution in [-0.2, 0) is 0 Å². The predicted octanol–water partition coefficient (Wildman–Crippen LogP) is 1.46. The van der Waals surface area contributed by atoms with Crippen LogP contribution >= 0.6 is 0 Å². The van der Waals surface area contributed by atoms with E-state index >= 15 is 0 Å². The molecule has 4 heteroatoms. The Labute approximate surface area is 76.1 Å². The number of nitrogens with one attached hydrogen (secondary N) is 1. The van der Waals surface area contributed by atoms with Crippen LogP contribution in [0.1, 0.15) is 17.0 Å². The minimum absolute atomic E-state index is 0.0904. The van der Waals surface area contributed by atoms with Gasteiger partial charge in [-0.15, -0.1) is 0 Å². The highest BCUT2D eigenvalue weighted by atomic mass is 15.1. The zero-order valence-electron chi connectivity index (χ0n) is 7.42. The first-order valence-electron chi connectivity index (χ1n) is 3.72. The number of hydrogen-bond acceptors (Lipinski definition) is 3. The largest absolute Gasteiger partial charge is 0.282 e. The molecule has 0 fully saturated rings. The standard InChI is InChI=1S/C9H8N4/c1-6-9(7(2)13-12-6)3-8(4-10)5-11/h3H,1-2H3,(H,12,13). The number of hydrogen-bond donors (Lipinski definition) is 1. The van der Waals surface area contributed by atoms with Crippen LogP contribution in [0.4, 0.5) is 0 Å². The maximum absolute atomic E-state index is 8.54. The van der Waals surface area contributed by atoms with Gasteiger partial charge >= 0.3 is 0 Å². The molecule has 1 N–H and O–H groups in total. The molecular formula is C9H8N4. The molecule has 13 heavy (non-hydrogen) atoms. The molecule has 0 unspecified atom stereocenters. The highest BCUT2D eigenvalue weighted by molar-refractivity contribution is 5.64. The fraction of sp³-hybridized carbons (Fsp3) is 0.222. The van der Waals surface area contributed by atoms with Gasteiger partial charge in [0.15, 0.2) is 0 Å². The first-order valence-corrected chi connectivity index (χ1v) is 3.72. The molecule has 0 spiro atoms. The van der Waals surface area contributed by atoms with Gasteiger partial charge in [0.1, 0.15) is 17.7 Å². The summed E-state index contributed by atoms with van der Waals surface area (Å²) in [4.78, 5) is 0. The average Bonchev–Trinajstić information content (AvgIpc) is 2.44. The normalized spacial score (nSPS) is 8.62. The van der Waals surface area contributed by atoms with Gasteiger partial charge in [-0.3, -0.25) is 5.10 Å². The minimum Gasteiger partial charge on any atom is -0.282 e. The van der Waals surface area contributed by atoms with Gasteiger partial charge in [-0.25, -0.2) is 0 Å². The molecule has 0 amide bonds. The lowest BCUT2D eigenvalue weighted by Gasteiger charge is -1.89. The topological polar surface area (TPSA) is 76.3 Å². The van der Waals surface area contributed by atoms with E-state index < -0.39 is 0 Å². The number of allylic oxidation sites excluding steroid dienone is 1. The smallest absolute Gasteiger partial charge is 0.130 e. The second kappa shape index (κ2) is 3.55. The van der Waals surface area contributed by atoms with Gasteiger partial charge in [0.2, 0.25) is 0 Å². The number of rotatable bonds is 1. The zero-order valence-corrected chi connectivity index (χ0v) is 7.42. The monoisotopic (exact) mass is 172 g/mol. The van der Waals surface area contributed by atoms with Crippen molar-refractivity contribution in [2.45, 2.75) is 13.8 Å². The summed E-state index contributed by atoms with van der Waals surface area (Å²) in [6.07, 6.45) is 1.54. The van der Waals surface area contributed by atoms with Crippen molar-refractivity contribution in [3.8, 4) is 12.1 Å². The Hall–Kier alpha value is -2.07. The van der Waals surface area contributed by atoms with Crippen molar-refractivity contribution in [1.29, 1.82) is 10.5 Å².